The first-order valence-corrected chi connectivity index (χ1v) is 9.42. The second-order valence-electron chi connectivity index (χ2n) is 6.77. The maximum atomic E-state index is 13.1. The summed E-state index contributed by atoms with van der Waals surface area (Å²) in [5, 5.41) is 5.83. The van der Waals surface area contributed by atoms with E-state index in [-0.39, 0.29) is 5.82 Å². The van der Waals surface area contributed by atoms with Crippen LogP contribution < -0.4 is 10.1 Å². The minimum Gasteiger partial charge on any atom is -0.489 e. The lowest BCUT2D eigenvalue weighted by Crippen LogP contribution is -2.14. The number of hydrogen-bond acceptors (Lipinski definition) is 2. The second-order valence-corrected chi connectivity index (χ2v) is 6.77. The van der Waals surface area contributed by atoms with E-state index in [1.165, 1.54) is 22.9 Å². The fourth-order valence-corrected chi connectivity index (χ4v) is 3.30. The van der Waals surface area contributed by atoms with Gasteiger partial charge in [-0.05, 0) is 40.1 Å². The van der Waals surface area contributed by atoms with Gasteiger partial charge in [0.1, 0.15) is 18.2 Å². The van der Waals surface area contributed by atoms with Crippen molar-refractivity contribution in [2.45, 2.75) is 19.7 Å². The van der Waals surface area contributed by atoms with Gasteiger partial charge in [0, 0.05) is 18.7 Å². The zero-order valence-corrected chi connectivity index (χ0v) is 15.6. The van der Waals surface area contributed by atoms with Crippen LogP contribution in [0.2, 0.25) is 0 Å². The molecular formula is C25H22FNO. The summed E-state index contributed by atoms with van der Waals surface area (Å²) >= 11 is 0. The van der Waals surface area contributed by atoms with Crippen molar-refractivity contribution >= 4 is 10.8 Å². The number of benzene rings is 4. The topological polar surface area (TPSA) is 21.3 Å². The SMILES string of the molecule is Fc1ccc(CNCc2c(OCc3ccccc3)ccc3ccccc23)cc1. The van der Waals surface area contributed by atoms with E-state index in [0.29, 0.717) is 19.7 Å². The first-order valence-electron chi connectivity index (χ1n) is 9.42. The Morgan fingerprint density at radius 3 is 2.25 bits per heavy atom. The van der Waals surface area contributed by atoms with Crippen molar-refractivity contribution in [2.24, 2.45) is 0 Å². The summed E-state index contributed by atoms with van der Waals surface area (Å²) in [7, 11) is 0. The number of fused-ring (bicyclic) bond motifs is 1. The molecule has 140 valence electrons. The number of halogens is 1. The summed E-state index contributed by atoms with van der Waals surface area (Å²) in [6.07, 6.45) is 0. The largest absolute Gasteiger partial charge is 0.489 e. The van der Waals surface area contributed by atoms with Crippen LogP contribution in [0.5, 0.6) is 5.75 Å². The van der Waals surface area contributed by atoms with E-state index in [2.05, 4.69) is 35.6 Å². The fraction of sp³-hybridized carbons (Fsp3) is 0.120. The number of rotatable bonds is 7. The standard InChI is InChI=1S/C25H22FNO/c26-22-13-10-19(11-14-22)16-27-17-24-23-9-5-4-8-21(23)12-15-25(24)28-18-20-6-2-1-3-7-20/h1-15,27H,16-18H2. The van der Waals surface area contributed by atoms with Crippen LogP contribution in [-0.4, -0.2) is 0 Å². The van der Waals surface area contributed by atoms with E-state index in [0.717, 1.165) is 22.4 Å². The van der Waals surface area contributed by atoms with Gasteiger partial charge in [-0.3, -0.25) is 0 Å². The third-order valence-electron chi connectivity index (χ3n) is 4.78. The summed E-state index contributed by atoms with van der Waals surface area (Å²) in [4.78, 5) is 0. The van der Waals surface area contributed by atoms with Crippen molar-refractivity contribution in [1.82, 2.24) is 5.32 Å². The lowest BCUT2D eigenvalue weighted by molar-refractivity contribution is 0.302. The molecule has 0 saturated heterocycles. The Balaban J connectivity index is 1.54. The Morgan fingerprint density at radius 2 is 1.43 bits per heavy atom. The normalized spacial score (nSPS) is 10.9. The summed E-state index contributed by atoms with van der Waals surface area (Å²) in [6.45, 7) is 1.87. The van der Waals surface area contributed by atoms with Crippen molar-refractivity contribution < 1.29 is 9.13 Å². The molecule has 0 fully saturated rings. The van der Waals surface area contributed by atoms with Gasteiger partial charge in [-0.2, -0.15) is 0 Å². The first-order chi connectivity index (χ1) is 13.8. The molecule has 4 aromatic rings. The Bertz CT molecular complexity index is 1050. The molecule has 0 aliphatic heterocycles. The molecule has 0 heterocycles. The van der Waals surface area contributed by atoms with Crippen molar-refractivity contribution in [2.75, 3.05) is 0 Å². The Hall–Kier alpha value is -3.17. The van der Waals surface area contributed by atoms with Crippen LogP contribution in [0.15, 0.2) is 91.0 Å². The van der Waals surface area contributed by atoms with Crippen molar-refractivity contribution in [3.05, 3.63) is 114 Å². The fourth-order valence-electron chi connectivity index (χ4n) is 3.30. The highest BCUT2D eigenvalue weighted by Gasteiger charge is 2.09. The zero-order chi connectivity index (χ0) is 19.2. The molecule has 0 amide bonds. The molecule has 0 aromatic heterocycles. The molecule has 0 radical (unpaired) electrons. The highest BCUT2D eigenvalue weighted by molar-refractivity contribution is 5.87. The smallest absolute Gasteiger partial charge is 0.124 e. The van der Waals surface area contributed by atoms with Gasteiger partial charge in [-0.15, -0.1) is 0 Å². The molecule has 4 aromatic carbocycles. The average Bonchev–Trinajstić information content (AvgIpc) is 2.75. The molecule has 0 bridgehead atoms. The molecule has 4 rings (SSSR count). The Morgan fingerprint density at radius 1 is 0.679 bits per heavy atom. The van der Waals surface area contributed by atoms with Crippen LogP contribution in [0.4, 0.5) is 4.39 Å². The van der Waals surface area contributed by atoms with Crippen molar-refractivity contribution in [3.8, 4) is 5.75 Å². The summed E-state index contributed by atoms with van der Waals surface area (Å²) in [6, 6.07) is 29.2. The van der Waals surface area contributed by atoms with Crippen LogP contribution in [0.1, 0.15) is 16.7 Å². The van der Waals surface area contributed by atoms with Crippen LogP contribution in [0, 0.1) is 5.82 Å². The maximum Gasteiger partial charge on any atom is 0.124 e. The van der Waals surface area contributed by atoms with E-state index in [9.17, 15) is 4.39 Å². The average molecular weight is 371 g/mol. The van der Waals surface area contributed by atoms with E-state index in [4.69, 9.17) is 4.74 Å². The van der Waals surface area contributed by atoms with Crippen LogP contribution >= 0.6 is 0 Å². The van der Waals surface area contributed by atoms with Crippen molar-refractivity contribution in [3.63, 3.8) is 0 Å². The summed E-state index contributed by atoms with van der Waals surface area (Å²) in [5.41, 5.74) is 3.32. The van der Waals surface area contributed by atoms with E-state index < -0.39 is 0 Å². The predicted molar refractivity (Wildman–Crippen MR) is 112 cm³/mol. The monoisotopic (exact) mass is 371 g/mol. The molecule has 0 aliphatic carbocycles. The van der Waals surface area contributed by atoms with Gasteiger partial charge < -0.3 is 10.1 Å². The molecule has 1 N–H and O–H groups in total. The lowest BCUT2D eigenvalue weighted by atomic mass is 10.0. The Kier molecular flexibility index (Phi) is 5.64. The van der Waals surface area contributed by atoms with Crippen LogP contribution in [-0.2, 0) is 19.7 Å². The van der Waals surface area contributed by atoms with Crippen LogP contribution in [0.3, 0.4) is 0 Å². The third-order valence-corrected chi connectivity index (χ3v) is 4.78. The quantitative estimate of drug-likeness (QED) is 0.440. The third kappa shape index (κ3) is 4.38. The predicted octanol–water partition coefficient (Wildman–Crippen LogP) is 5.85. The van der Waals surface area contributed by atoms with Gasteiger partial charge in [0.25, 0.3) is 0 Å². The highest BCUT2D eigenvalue weighted by atomic mass is 19.1. The van der Waals surface area contributed by atoms with E-state index >= 15 is 0 Å². The molecule has 0 aliphatic rings. The zero-order valence-electron chi connectivity index (χ0n) is 15.6. The molecular weight excluding hydrogens is 349 g/mol. The van der Waals surface area contributed by atoms with Crippen LogP contribution in [0.25, 0.3) is 10.8 Å². The molecule has 0 spiro atoms. The van der Waals surface area contributed by atoms with Gasteiger partial charge in [-0.1, -0.05) is 72.8 Å². The van der Waals surface area contributed by atoms with Crippen molar-refractivity contribution in [1.29, 1.82) is 0 Å². The minimum absolute atomic E-state index is 0.214. The van der Waals surface area contributed by atoms with Gasteiger partial charge in [0.2, 0.25) is 0 Å². The van der Waals surface area contributed by atoms with Gasteiger partial charge >= 0.3 is 0 Å². The number of ether oxygens (including phenoxy) is 1. The van der Waals surface area contributed by atoms with Gasteiger partial charge in [0.15, 0.2) is 0 Å². The van der Waals surface area contributed by atoms with Gasteiger partial charge in [0.05, 0.1) is 0 Å². The second kappa shape index (κ2) is 8.68. The Labute approximate surface area is 164 Å². The molecule has 0 atom stereocenters. The molecule has 3 heteroatoms. The lowest BCUT2D eigenvalue weighted by Gasteiger charge is -2.15. The number of hydrogen-bond donors (Lipinski definition) is 1. The minimum atomic E-state index is -0.214. The molecule has 2 nitrogen and oxygen atoms in total. The molecule has 28 heavy (non-hydrogen) atoms. The van der Waals surface area contributed by atoms with Gasteiger partial charge in [-0.25, -0.2) is 4.39 Å². The maximum absolute atomic E-state index is 13.1. The van der Waals surface area contributed by atoms with E-state index in [1.807, 2.05) is 36.4 Å². The first kappa shape index (κ1) is 18.2. The molecule has 0 saturated carbocycles. The highest BCUT2D eigenvalue weighted by Crippen LogP contribution is 2.29. The number of nitrogens with one attached hydrogen (secondary N) is 1. The summed E-state index contributed by atoms with van der Waals surface area (Å²) < 4.78 is 19.2. The molecule has 0 unspecified atom stereocenters. The van der Waals surface area contributed by atoms with E-state index in [1.54, 1.807) is 12.1 Å². The summed E-state index contributed by atoms with van der Waals surface area (Å²) in [5.74, 6) is 0.670.